The highest BCUT2D eigenvalue weighted by Crippen LogP contribution is 2.55. The first kappa shape index (κ1) is 19.4. The molecule has 0 aromatic heterocycles. The molecule has 3 amide bonds. The SMILES string of the molecule is O=C(Nc1ccc(N2CCCC2)c(C(=O)NC2CC2)c1)NC12CC3CC(CC(C3)C1)C2. The summed E-state index contributed by atoms with van der Waals surface area (Å²) in [6.45, 7) is 1.98. The Kier molecular flexibility index (Phi) is 4.65. The minimum atomic E-state index is -0.121. The van der Waals surface area contributed by atoms with Gasteiger partial charge in [0, 0.05) is 36.0 Å². The molecule has 1 aliphatic heterocycles. The van der Waals surface area contributed by atoms with E-state index in [-0.39, 0.29) is 17.5 Å². The Morgan fingerprint density at radius 1 is 0.935 bits per heavy atom. The van der Waals surface area contributed by atoms with Crippen LogP contribution in [0.5, 0.6) is 0 Å². The number of anilines is 2. The zero-order chi connectivity index (χ0) is 21.0. The van der Waals surface area contributed by atoms with Crippen molar-refractivity contribution in [2.24, 2.45) is 17.8 Å². The van der Waals surface area contributed by atoms with E-state index in [0.29, 0.717) is 17.3 Å². The van der Waals surface area contributed by atoms with Gasteiger partial charge in [0.2, 0.25) is 0 Å². The quantitative estimate of drug-likeness (QED) is 0.663. The molecule has 6 heteroatoms. The second-order valence-corrected chi connectivity index (χ2v) is 11.0. The maximum atomic E-state index is 13.0. The highest BCUT2D eigenvalue weighted by Gasteiger charge is 2.51. The smallest absolute Gasteiger partial charge is 0.319 e. The van der Waals surface area contributed by atoms with Gasteiger partial charge in [-0.1, -0.05) is 0 Å². The molecule has 1 saturated heterocycles. The van der Waals surface area contributed by atoms with Crippen molar-refractivity contribution in [3.8, 4) is 0 Å². The van der Waals surface area contributed by atoms with Crippen LogP contribution in [0.2, 0.25) is 0 Å². The van der Waals surface area contributed by atoms with E-state index in [0.717, 1.165) is 81.5 Å². The molecule has 5 aliphatic carbocycles. The summed E-state index contributed by atoms with van der Waals surface area (Å²) in [4.78, 5) is 28.2. The molecule has 1 aromatic carbocycles. The van der Waals surface area contributed by atoms with Crippen LogP contribution in [0.15, 0.2) is 18.2 Å². The number of amides is 3. The maximum Gasteiger partial charge on any atom is 0.319 e. The lowest BCUT2D eigenvalue weighted by molar-refractivity contribution is -0.0127. The van der Waals surface area contributed by atoms with Gasteiger partial charge in [0.1, 0.15) is 0 Å². The normalized spacial score (nSPS) is 33.4. The lowest BCUT2D eigenvalue weighted by Gasteiger charge is -2.56. The van der Waals surface area contributed by atoms with E-state index in [2.05, 4.69) is 20.9 Å². The largest absolute Gasteiger partial charge is 0.371 e. The fourth-order valence-electron chi connectivity index (χ4n) is 7.19. The zero-order valence-corrected chi connectivity index (χ0v) is 18.3. The Hall–Kier alpha value is -2.24. The van der Waals surface area contributed by atoms with Crippen molar-refractivity contribution in [2.45, 2.75) is 75.8 Å². The van der Waals surface area contributed by atoms with Crippen molar-refractivity contribution in [3.63, 3.8) is 0 Å². The molecule has 1 aromatic rings. The van der Waals surface area contributed by atoms with E-state index in [1.165, 1.54) is 19.3 Å². The van der Waals surface area contributed by atoms with Gasteiger partial charge in [-0.2, -0.15) is 0 Å². The predicted molar refractivity (Wildman–Crippen MR) is 121 cm³/mol. The topological polar surface area (TPSA) is 73.5 Å². The van der Waals surface area contributed by atoms with E-state index < -0.39 is 0 Å². The minimum absolute atomic E-state index is 0.0134. The summed E-state index contributed by atoms with van der Waals surface area (Å²) in [5.74, 6) is 2.37. The summed E-state index contributed by atoms with van der Waals surface area (Å²) in [7, 11) is 0. The highest BCUT2D eigenvalue weighted by atomic mass is 16.2. The van der Waals surface area contributed by atoms with Gasteiger partial charge in [0.15, 0.2) is 0 Å². The van der Waals surface area contributed by atoms with Crippen LogP contribution in [0.3, 0.4) is 0 Å². The average molecular weight is 423 g/mol. The van der Waals surface area contributed by atoms with Crippen molar-refractivity contribution >= 4 is 23.3 Å². The van der Waals surface area contributed by atoms with Crippen LogP contribution in [0.1, 0.15) is 74.6 Å². The standard InChI is InChI=1S/C25H34N4O2/c30-23(26-19-3-4-19)21-12-20(5-6-22(21)29-7-1-2-8-29)27-24(31)28-25-13-16-9-17(14-25)11-18(10-16)15-25/h5-6,12,16-19H,1-4,7-11,13-15H2,(H,26,30)(H2,27,28,31). The zero-order valence-electron chi connectivity index (χ0n) is 18.3. The molecule has 166 valence electrons. The molecule has 0 atom stereocenters. The second-order valence-electron chi connectivity index (χ2n) is 11.0. The van der Waals surface area contributed by atoms with E-state index in [1.54, 1.807) is 0 Å². The number of nitrogens with zero attached hydrogens (tertiary/aromatic N) is 1. The van der Waals surface area contributed by atoms with Gasteiger partial charge in [0.25, 0.3) is 5.91 Å². The Balaban J connectivity index is 1.18. The van der Waals surface area contributed by atoms with Crippen molar-refractivity contribution in [1.82, 2.24) is 10.6 Å². The van der Waals surface area contributed by atoms with Gasteiger partial charge in [-0.3, -0.25) is 4.79 Å². The molecule has 3 N–H and O–H groups in total. The maximum absolute atomic E-state index is 13.0. The molecule has 5 saturated carbocycles. The Morgan fingerprint density at radius 3 is 2.19 bits per heavy atom. The summed E-state index contributed by atoms with van der Waals surface area (Å²) < 4.78 is 0. The molecule has 31 heavy (non-hydrogen) atoms. The third-order valence-electron chi connectivity index (χ3n) is 8.28. The predicted octanol–water partition coefficient (Wildman–Crippen LogP) is 4.27. The minimum Gasteiger partial charge on any atom is -0.371 e. The molecule has 1 heterocycles. The first-order valence-electron chi connectivity index (χ1n) is 12.3. The van der Waals surface area contributed by atoms with Crippen LogP contribution in [0.4, 0.5) is 16.2 Å². The van der Waals surface area contributed by atoms with Crippen molar-refractivity contribution in [3.05, 3.63) is 23.8 Å². The molecule has 0 unspecified atom stereocenters. The first-order chi connectivity index (χ1) is 15.1. The summed E-state index contributed by atoms with van der Waals surface area (Å²) in [5.41, 5.74) is 2.36. The summed E-state index contributed by atoms with van der Waals surface area (Å²) >= 11 is 0. The highest BCUT2D eigenvalue weighted by molar-refractivity contribution is 6.02. The second kappa shape index (κ2) is 7.42. The van der Waals surface area contributed by atoms with Gasteiger partial charge >= 0.3 is 6.03 Å². The molecular formula is C25H34N4O2. The monoisotopic (exact) mass is 422 g/mol. The molecular weight excluding hydrogens is 388 g/mol. The van der Waals surface area contributed by atoms with Crippen LogP contribution in [0.25, 0.3) is 0 Å². The number of carbonyl (C=O) groups excluding carboxylic acids is 2. The van der Waals surface area contributed by atoms with Crippen LogP contribution < -0.4 is 20.9 Å². The van der Waals surface area contributed by atoms with E-state index in [4.69, 9.17) is 0 Å². The number of urea groups is 1. The molecule has 4 bridgehead atoms. The average Bonchev–Trinajstić information content (AvgIpc) is 3.35. The lowest BCUT2D eigenvalue weighted by atomic mass is 9.53. The Bertz CT molecular complexity index is 852. The number of nitrogens with one attached hydrogen (secondary N) is 3. The van der Waals surface area contributed by atoms with Crippen LogP contribution in [-0.4, -0.2) is 36.6 Å². The Morgan fingerprint density at radius 2 is 1.58 bits per heavy atom. The molecule has 0 radical (unpaired) electrons. The number of carbonyl (C=O) groups is 2. The third-order valence-corrected chi connectivity index (χ3v) is 8.28. The van der Waals surface area contributed by atoms with Crippen LogP contribution in [0, 0.1) is 17.8 Å². The van der Waals surface area contributed by atoms with Crippen molar-refractivity contribution in [2.75, 3.05) is 23.3 Å². The van der Waals surface area contributed by atoms with Crippen LogP contribution >= 0.6 is 0 Å². The van der Waals surface area contributed by atoms with Crippen molar-refractivity contribution in [1.29, 1.82) is 0 Å². The van der Waals surface area contributed by atoms with Gasteiger partial charge in [0.05, 0.1) is 5.56 Å². The van der Waals surface area contributed by atoms with Gasteiger partial charge in [-0.15, -0.1) is 0 Å². The van der Waals surface area contributed by atoms with Crippen molar-refractivity contribution < 1.29 is 9.59 Å². The van der Waals surface area contributed by atoms with Gasteiger partial charge in [-0.05, 0) is 100 Å². The molecule has 6 nitrogen and oxygen atoms in total. The number of benzene rings is 1. The summed E-state index contributed by atoms with van der Waals surface area (Å²) in [6, 6.07) is 6.01. The van der Waals surface area contributed by atoms with E-state index >= 15 is 0 Å². The molecule has 0 spiro atoms. The van der Waals surface area contributed by atoms with Gasteiger partial charge in [-0.25, -0.2) is 4.79 Å². The van der Waals surface area contributed by atoms with Crippen LogP contribution in [-0.2, 0) is 0 Å². The molecule has 6 fully saturated rings. The van der Waals surface area contributed by atoms with Gasteiger partial charge < -0.3 is 20.9 Å². The third kappa shape index (κ3) is 3.90. The lowest BCUT2D eigenvalue weighted by Crippen LogP contribution is -2.60. The summed E-state index contributed by atoms with van der Waals surface area (Å²) in [5, 5.41) is 9.55. The van der Waals surface area contributed by atoms with E-state index in [9.17, 15) is 9.59 Å². The number of hydrogen-bond acceptors (Lipinski definition) is 3. The first-order valence-corrected chi connectivity index (χ1v) is 12.3. The fraction of sp³-hybridized carbons (Fsp3) is 0.680. The number of hydrogen-bond donors (Lipinski definition) is 3. The molecule has 6 aliphatic rings. The Labute approximate surface area is 184 Å². The fourth-order valence-corrected chi connectivity index (χ4v) is 7.19. The molecule has 7 rings (SSSR count). The number of rotatable bonds is 5. The van der Waals surface area contributed by atoms with E-state index in [1.807, 2.05) is 18.2 Å². The summed E-state index contributed by atoms with van der Waals surface area (Å²) in [6.07, 6.45) is 11.9.